The molecule has 2 unspecified atom stereocenters. The Morgan fingerprint density at radius 1 is 1.44 bits per heavy atom. The maximum atomic E-state index is 13.4. The van der Waals surface area contributed by atoms with Crippen LogP contribution in [0.15, 0.2) is 18.2 Å². The summed E-state index contributed by atoms with van der Waals surface area (Å²) in [7, 11) is 1.44. The van der Waals surface area contributed by atoms with Gasteiger partial charge in [-0.3, -0.25) is 0 Å². The van der Waals surface area contributed by atoms with Crippen LogP contribution < -0.4 is 10.1 Å². The molecule has 0 radical (unpaired) electrons. The minimum atomic E-state index is -0.412. The minimum absolute atomic E-state index is 0.00462. The Balaban J connectivity index is 2.69. The highest BCUT2D eigenvalue weighted by molar-refractivity contribution is 5.30. The maximum Gasteiger partial charge on any atom is 0.165 e. The summed E-state index contributed by atoms with van der Waals surface area (Å²) in [6, 6.07) is 4.85. The van der Waals surface area contributed by atoms with Crippen molar-refractivity contribution in [3.05, 3.63) is 29.6 Å². The van der Waals surface area contributed by atoms with Crippen LogP contribution in [-0.4, -0.2) is 24.9 Å². The lowest BCUT2D eigenvalue weighted by molar-refractivity contribution is 0.187. The zero-order valence-electron chi connectivity index (χ0n) is 9.83. The average Bonchev–Trinajstić information content (AvgIpc) is 2.25. The van der Waals surface area contributed by atoms with Gasteiger partial charge in [0.15, 0.2) is 11.6 Å². The predicted molar refractivity (Wildman–Crippen MR) is 61.1 cm³/mol. The average molecular weight is 227 g/mol. The van der Waals surface area contributed by atoms with Crippen molar-refractivity contribution in [2.45, 2.75) is 26.0 Å². The van der Waals surface area contributed by atoms with Gasteiger partial charge in [-0.05, 0) is 31.5 Å². The number of benzene rings is 1. The molecule has 1 rings (SSSR count). The van der Waals surface area contributed by atoms with E-state index in [1.54, 1.807) is 13.0 Å². The van der Waals surface area contributed by atoms with Gasteiger partial charge in [0.25, 0.3) is 0 Å². The second-order valence-electron chi connectivity index (χ2n) is 3.87. The first-order valence-electron chi connectivity index (χ1n) is 5.29. The van der Waals surface area contributed by atoms with Gasteiger partial charge in [-0.15, -0.1) is 0 Å². The summed E-state index contributed by atoms with van der Waals surface area (Å²) in [5, 5.41) is 12.2. The van der Waals surface area contributed by atoms with Crippen LogP contribution in [0.1, 0.15) is 25.5 Å². The molecule has 0 bridgehead atoms. The third kappa shape index (κ3) is 3.47. The summed E-state index contributed by atoms with van der Waals surface area (Å²) >= 11 is 0. The second-order valence-corrected chi connectivity index (χ2v) is 3.87. The predicted octanol–water partition coefficient (Wildman–Crippen LogP) is 1.87. The van der Waals surface area contributed by atoms with Gasteiger partial charge in [-0.25, -0.2) is 4.39 Å². The van der Waals surface area contributed by atoms with E-state index in [9.17, 15) is 4.39 Å². The van der Waals surface area contributed by atoms with E-state index in [4.69, 9.17) is 9.84 Å². The zero-order chi connectivity index (χ0) is 12.1. The molecule has 2 atom stereocenters. The van der Waals surface area contributed by atoms with Crippen molar-refractivity contribution in [1.29, 1.82) is 0 Å². The number of halogens is 1. The smallest absolute Gasteiger partial charge is 0.165 e. The first kappa shape index (κ1) is 12.9. The fraction of sp³-hybridized carbons (Fsp3) is 0.500. The Morgan fingerprint density at radius 3 is 2.62 bits per heavy atom. The highest BCUT2D eigenvalue weighted by Gasteiger charge is 2.09. The zero-order valence-corrected chi connectivity index (χ0v) is 9.83. The van der Waals surface area contributed by atoms with E-state index in [0.29, 0.717) is 6.54 Å². The van der Waals surface area contributed by atoms with Gasteiger partial charge in [0.1, 0.15) is 0 Å². The molecule has 0 saturated carbocycles. The first-order chi connectivity index (χ1) is 7.54. The molecule has 0 fully saturated rings. The number of aliphatic hydroxyl groups is 1. The molecule has 4 heteroatoms. The molecule has 16 heavy (non-hydrogen) atoms. The lowest BCUT2D eigenvalue weighted by Crippen LogP contribution is -2.27. The molecule has 1 aromatic carbocycles. The lowest BCUT2D eigenvalue weighted by atomic mass is 10.1. The molecular formula is C12H18FNO2. The van der Waals surface area contributed by atoms with Crippen LogP contribution in [0.4, 0.5) is 4.39 Å². The van der Waals surface area contributed by atoms with Gasteiger partial charge in [0.2, 0.25) is 0 Å². The van der Waals surface area contributed by atoms with Crippen molar-refractivity contribution in [3.8, 4) is 5.75 Å². The van der Waals surface area contributed by atoms with Crippen molar-refractivity contribution in [3.63, 3.8) is 0 Å². The molecule has 0 aromatic heterocycles. The number of hydrogen-bond acceptors (Lipinski definition) is 3. The van der Waals surface area contributed by atoms with Crippen molar-refractivity contribution >= 4 is 0 Å². The minimum Gasteiger partial charge on any atom is -0.494 e. The van der Waals surface area contributed by atoms with E-state index >= 15 is 0 Å². The lowest BCUT2D eigenvalue weighted by Gasteiger charge is -2.16. The second kappa shape index (κ2) is 5.82. The molecule has 0 spiro atoms. The van der Waals surface area contributed by atoms with Crippen LogP contribution in [0.5, 0.6) is 5.75 Å². The van der Waals surface area contributed by atoms with Crippen LogP contribution in [0, 0.1) is 5.82 Å². The monoisotopic (exact) mass is 227 g/mol. The van der Waals surface area contributed by atoms with Gasteiger partial charge in [0, 0.05) is 12.6 Å². The van der Waals surface area contributed by atoms with E-state index in [-0.39, 0.29) is 17.6 Å². The Kier molecular flexibility index (Phi) is 4.71. The standard InChI is InChI=1S/C12H18FNO2/c1-8(15)7-14-9(2)10-4-5-12(16-3)11(13)6-10/h4-6,8-9,14-15H,7H2,1-3H3. The molecule has 1 aromatic rings. The van der Waals surface area contributed by atoms with Crippen molar-refractivity contribution in [1.82, 2.24) is 5.32 Å². The van der Waals surface area contributed by atoms with Gasteiger partial charge < -0.3 is 15.2 Å². The van der Waals surface area contributed by atoms with Crippen LogP contribution >= 0.6 is 0 Å². The van der Waals surface area contributed by atoms with E-state index in [0.717, 1.165) is 5.56 Å². The first-order valence-corrected chi connectivity index (χ1v) is 5.29. The SMILES string of the molecule is COc1ccc(C(C)NCC(C)O)cc1F. The number of ether oxygens (including phenoxy) is 1. The number of hydrogen-bond donors (Lipinski definition) is 2. The van der Waals surface area contributed by atoms with E-state index < -0.39 is 6.10 Å². The Labute approximate surface area is 95.2 Å². The van der Waals surface area contributed by atoms with Gasteiger partial charge in [0.05, 0.1) is 13.2 Å². The largest absolute Gasteiger partial charge is 0.494 e. The summed E-state index contributed by atoms with van der Waals surface area (Å²) in [4.78, 5) is 0. The van der Waals surface area contributed by atoms with E-state index in [1.807, 2.05) is 13.0 Å². The number of aliphatic hydroxyl groups excluding tert-OH is 1. The molecule has 0 saturated heterocycles. The molecular weight excluding hydrogens is 209 g/mol. The van der Waals surface area contributed by atoms with E-state index in [2.05, 4.69) is 5.32 Å². The van der Waals surface area contributed by atoms with Gasteiger partial charge >= 0.3 is 0 Å². The highest BCUT2D eigenvalue weighted by atomic mass is 19.1. The molecule has 0 heterocycles. The van der Waals surface area contributed by atoms with Crippen molar-refractivity contribution in [2.24, 2.45) is 0 Å². The van der Waals surface area contributed by atoms with Crippen molar-refractivity contribution in [2.75, 3.05) is 13.7 Å². The Morgan fingerprint density at radius 2 is 2.12 bits per heavy atom. The summed E-state index contributed by atoms with van der Waals surface area (Å²) in [5.74, 6) is -0.128. The fourth-order valence-corrected chi connectivity index (χ4v) is 1.42. The Hall–Kier alpha value is -1.13. The fourth-order valence-electron chi connectivity index (χ4n) is 1.42. The molecule has 0 aliphatic carbocycles. The summed E-state index contributed by atoms with van der Waals surface area (Å²) < 4.78 is 18.2. The molecule has 0 aliphatic rings. The number of methoxy groups -OCH3 is 1. The quantitative estimate of drug-likeness (QED) is 0.806. The number of rotatable bonds is 5. The molecule has 2 N–H and O–H groups in total. The normalized spacial score (nSPS) is 14.6. The topological polar surface area (TPSA) is 41.5 Å². The van der Waals surface area contributed by atoms with Gasteiger partial charge in [-0.2, -0.15) is 0 Å². The van der Waals surface area contributed by atoms with Gasteiger partial charge in [-0.1, -0.05) is 6.07 Å². The van der Waals surface area contributed by atoms with Crippen LogP contribution in [0.25, 0.3) is 0 Å². The van der Waals surface area contributed by atoms with Crippen LogP contribution in [-0.2, 0) is 0 Å². The third-order valence-corrected chi connectivity index (χ3v) is 2.40. The van der Waals surface area contributed by atoms with Crippen LogP contribution in [0.2, 0.25) is 0 Å². The molecule has 3 nitrogen and oxygen atoms in total. The molecule has 0 amide bonds. The Bertz CT molecular complexity index is 342. The summed E-state index contributed by atoms with van der Waals surface area (Å²) in [5.41, 5.74) is 0.832. The van der Waals surface area contributed by atoms with Crippen molar-refractivity contribution < 1.29 is 14.2 Å². The molecule has 90 valence electrons. The summed E-state index contributed by atoms with van der Waals surface area (Å²) in [6.45, 7) is 4.10. The molecule has 0 aliphatic heterocycles. The van der Waals surface area contributed by atoms with E-state index in [1.165, 1.54) is 13.2 Å². The summed E-state index contributed by atoms with van der Waals surface area (Å²) in [6.07, 6.45) is -0.412. The third-order valence-electron chi connectivity index (χ3n) is 2.40. The highest BCUT2D eigenvalue weighted by Crippen LogP contribution is 2.21. The number of nitrogens with one attached hydrogen (secondary N) is 1. The van der Waals surface area contributed by atoms with Crippen LogP contribution in [0.3, 0.4) is 0 Å². The maximum absolute atomic E-state index is 13.4.